The van der Waals surface area contributed by atoms with Crippen LogP contribution in [-0.2, 0) is 0 Å². The molecule has 0 N–H and O–H groups in total. The molecule has 0 spiro atoms. The molecule has 0 heterocycles. The van der Waals surface area contributed by atoms with Crippen molar-refractivity contribution in [1.29, 1.82) is 0 Å². The summed E-state index contributed by atoms with van der Waals surface area (Å²) >= 11 is 1.69. The first-order valence-electron chi connectivity index (χ1n) is 4.56. The van der Waals surface area contributed by atoms with Crippen molar-refractivity contribution in [1.82, 2.24) is 0 Å². The molecule has 0 amide bonds. The summed E-state index contributed by atoms with van der Waals surface area (Å²) in [5.74, 6) is 1.60. The second kappa shape index (κ2) is 5.15. The predicted octanol–water partition coefficient (Wildman–Crippen LogP) is 3.20. The maximum Gasteiger partial charge on any atom is 0.161 e. The number of methoxy groups -OCH3 is 1. The number of benzene rings is 1. The van der Waals surface area contributed by atoms with E-state index in [4.69, 9.17) is 9.47 Å². The summed E-state index contributed by atoms with van der Waals surface area (Å²) in [6.45, 7) is 4.00. The van der Waals surface area contributed by atoms with E-state index in [0.717, 1.165) is 11.5 Å². The van der Waals surface area contributed by atoms with Gasteiger partial charge in [0, 0.05) is 4.90 Å². The summed E-state index contributed by atoms with van der Waals surface area (Å²) in [4.78, 5) is 1.18. The van der Waals surface area contributed by atoms with E-state index in [2.05, 4.69) is 0 Å². The Balaban J connectivity index is 2.93. The van der Waals surface area contributed by atoms with Crippen molar-refractivity contribution >= 4 is 11.8 Å². The second-order valence-electron chi connectivity index (χ2n) is 3.18. The van der Waals surface area contributed by atoms with Crippen LogP contribution in [0.25, 0.3) is 0 Å². The topological polar surface area (TPSA) is 18.5 Å². The molecule has 0 aliphatic carbocycles. The van der Waals surface area contributed by atoms with Gasteiger partial charge in [0.2, 0.25) is 0 Å². The molecule has 0 aromatic heterocycles. The van der Waals surface area contributed by atoms with Gasteiger partial charge in [-0.3, -0.25) is 0 Å². The fourth-order valence-electron chi connectivity index (χ4n) is 1.13. The van der Waals surface area contributed by atoms with Gasteiger partial charge in [-0.05, 0) is 38.3 Å². The number of thioether (sulfide) groups is 1. The Labute approximate surface area is 89.6 Å². The molecule has 0 bridgehead atoms. The van der Waals surface area contributed by atoms with Crippen molar-refractivity contribution in [2.45, 2.75) is 24.8 Å². The first kappa shape index (κ1) is 11.2. The predicted molar refractivity (Wildman–Crippen MR) is 60.5 cm³/mol. The van der Waals surface area contributed by atoms with Gasteiger partial charge in [0.15, 0.2) is 11.5 Å². The molecule has 0 aliphatic rings. The minimum atomic E-state index is 0.170. The maximum atomic E-state index is 5.60. The van der Waals surface area contributed by atoms with Gasteiger partial charge in [0.1, 0.15) is 0 Å². The average Bonchev–Trinajstić information content (AvgIpc) is 2.17. The molecule has 1 aromatic carbocycles. The molecule has 0 unspecified atom stereocenters. The molecule has 0 saturated heterocycles. The maximum absolute atomic E-state index is 5.60. The van der Waals surface area contributed by atoms with Crippen LogP contribution in [-0.4, -0.2) is 19.5 Å². The molecule has 2 nitrogen and oxygen atoms in total. The lowest BCUT2D eigenvalue weighted by molar-refractivity contribution is 0.230. The third-order valence-corrected chi connectivity index (χ3v) is 2.46. The van der Waals surface area contributed by atoms with Crippen LogP contribution in [0.2, 0.25) is 0 Å². The summed E-state index contributed by atoms with van der Waals surface area (Å²) in [6, 6.07) is 5.97. The SMILES string of the molecule is COc1cc(SC)ccc1OC(C)C. The van der Waals surface area contributed by atoms with E-state index in [0.29, 0.717) is 0 Å². The molecular formula is C11H16O2S. The lowest BCUT2D eigenvalue weighted by Crippen LogP contribution is -2.06. The van der Waals surface area contributed by atoms with Gasteiger partial charge in [-0.1, -0.05) is 0 Å². The monoisotopic (exact) mass is 212 g/mol. The molecule has 14 heavy (non-hydrogen) atoms. The van der Waals surface area contributed by atoms with Gasteiger partial charge in [-0.15, -0.1) is 11.8 Å². The standard InChI is InChI=1S/C11H16O2S/c1-8(2)13-10-6-5-9(14-4)7-11(10)12-3/h5-8H,1-4H3. The third kappa shape index (κ3) is 2.84. The molecule has 1 aromatic rings. The Morgan fingerprint density at radius 2 is 1.93 bits per heavy atom. The number of hydrogen-bond donors (Lipinski definition) is 0. The van der Waals surface area contributed by atoms with Crippen molar-refractivity contribution in [2.75, 3.05) is 13.4 Å². The van der Waals surface area contributed by atoms with E-state index in [9.17, 15) is 0 Å². The molecule has 0 aliphatic heterocycles. The van der Waals surface area contributed by atoms with Crippen LogP contribution in [0, 0.1) is 0 Å². The van der Waals surface area contributed by atoms with Gasteiger partial charge in [-0.25, -0.2) is 0 Å². The van der Waals surface area contributed by atoms with Crippen LogP contribution >= 0.6 is 11.8 Å². The van der Waals surface area contributed by atoms with Crippen LogP contribution in [0.3, 0.4) is 0 Å². The Morgan fingerprint density at radius 3 is 2.43 bits per heavy atom. The van der Waals surface area contributed by atoms with E-state index in [1.54, 1.807) is 18.9 Å². The van der Waals surface area contributed by atoms with Gasteiger partial charge in [-0.2, -0.15) is 0 Å². The van der Waals surface area contributed by atoms with Gasteiger partial charge >= 0.3 is 0 Å². The van der Waals surface area contributed by atoms with Crippen LogP contribution in [0.4, 0.5) is 0 Å². The van der Waals surface area contributed by atoms with Gasteiger partial charge < -0.3 is 9.47 Å². The number of hydrogen-bond acceptors (Lipinski definition) is 3. The smallest absolute Gasteiger partial charge is 0.161 e. The lowest BCUT2D eigenvalue weighted by atomic mass is 10.3. The molecular weight excluding hydrogens is 196 g/mol. The summed E-state index contributed by atoms with van der Waals surface area (Å²) in [6.07, 6.45) is 2.21. The van der Waals surface area contributed by atoms with Crippen molar-refractivity contribution < 1.29 is 9.47 Å². The molecule has 0 saturated carbocycles. The Kier molecular flexibility index (Phi) is 4.14. The summed E-state index contributed by atoms with van der Waals surface area (Å²) < 4.78 is 10.9. The van der Waals surface area contributed by atoms with Crippen molar-refractivity contribution in [3.8, 4) is 11.5 Å². The Morgan fingerprint density at radius 1 is 1.21 bits per heavy atom. The molecule has 78 valence electrons. The highest BCUT2D eigenvalue weighted by molar-refractivity contribution is 7.98. The minimum absolute atomic E-state index is 0.170. The molecule has 1 rings (SSSR count). The minimum Gasteiger partial charge on any atom is -0.493 e. The molecule has 0 radical (unpaired) electrons. The van der Waals surface area contributed by atoms with Gasteiger partial charge in [0.05, 0.1) is 13.2 Å². The van der Waals surface area contributed by atoms with Crippen molar-refractivity contribution in [3.05, 3.63) is 18.2 Å². The highest BCUT2D eigenvalue weighted by atomic mass is 32.2. The van der Waals surface area contributed by atoms with E-state index in [1.165, 1.54) is 4.90 Å². The number of ether oxygens (including phenoxy) is 2. The zero-order valence-electron chi connectivity index (χ0n) is 9.03. The zero-order valence-corrected chi connectivity index (χ0v) is 9.85. The highest BCUT2D eigenvalue weighted by Gasteiger charge is 2.06. The van der Waals surface area contributed by atoms with Crippen molar-refractivity contribution in [3.63, 3.8) is 0 Å². The fourth-order valence-corrected chi connectivity index (χ4v) is 1.56. The van der Waals surface area contributed by atoms with Crippen LogP contribution in [0.15, 0.2) is 23.1 Å². The van der Waals surface area contributed by atoms with Gasteiger partial charge in [0.25, 0.3) is 0 Å². The lowest BCUT2D eigenvalue weighted by Gasteiger charge is -2.13. The van der Waals surface area contributed by atoms with E-state index < -0.39 is 0 Å². The summed E-state index contributed by atoms with van der Waals surface area (Å²) in [7, 11) is 1.66. The first-order valence-corrected chi connectivity index (χ1v) is 5.78. The largest absolute Gasteiger partial charge is 0.493 e. The van der Waals surface area contributed by atoms with E-state index in [1.807, 2.05) is 38.3 Å². The second-order valence-corrected chi connectivity index (χ2v) is 4.06. The van der Waals surface area contributed by atoms with E-state index >= 15 is 0 Å². The highest BCUT2D eigenvalue weighted by Crippen LogP contribution is 2.31. The van der Waals surface area contributed by atoms with E-state index in [-0.39, 0.29) is 6.10 Å². The van der Waals surface area contributed by atoms with Crippen LogP contribution < -0.4 is 9.47 Å². The first-order chi connectivity index (χ1) is 6.67. The third-order valence-electron chi connectivity index (χ3n) is 1.73. The summed E-state index contributed by atoms with van der Waals surface area (Å²) in [5.41, 5.74) is 0. The van der Waals surface area contributed by atoms with Crippen LogP contribution in [0.1, 0.15) is 13.8 Å². The summed E-state index contributed by atoms with van der Waals surface area (Å²) in [5, 5.41) is 0. The molecule has 3 heteroatoms. The normalized spacial score (nSPS) is 10.4. The molecule has 0 fully saturated rings. The fraction of sp³-hybridized carbons (Fsp3) is 0.455. The Bertz CT molecular complexity index is 297. The Hall–Kier alpha value is -0.830. The molecule has 0 atom stereocenters. The number of rotatable bonds is 4. The quantitative estimate of drug-likeness (QED) is 0.714. The average molecular weight is 212 g/mol. The zero-order chi connectivity index (χ0) is 10.6. The van der Waals surface area contributed by atoms with Crippen molar-refractivity contribution in [2.24, 2.45) is 0 Å². The van der Waals surface area contributed by atoms with Crippen LogP contribution in [0.5, 0.6) is 11.5 Å².